The molecule has 1 aromatic heterocycles. The van der Waals surface area contributed by atoms with Crippen molar-refractivity contribution in [3.05, 3.63) is 104 Å². The van der Waals surface area contributed by atoms with E-state index in [-0.39, 0.29) is 18.5 Å². The summed E-state index contributed by atoms with van der Waals surface area (Å²) in [5, 5.41) is 16.7. The lowest BCUT2D eigenvalue weighted by Gasteiger charge is -2.25. The van der Waals surface area contributed by atoms with Crippen molar-refractivity contribution in [3.8, 4) is 0 Å². The highest BCUT2D eigenvalue weighted by atomic mass is 19.1. The molecule has 0 fully saturated rings. The zero-order valence-corrected chi connectivity index (χ0v) is 20.9. The molecular weight excluding hydrogens is 482 g/mol. The van der Waals surface area contributed by atoms with Crippen LogP contribution >= 0.6 is 0 Å². The second-order valence-electron chi connectivity index (χ2n) is 8.85. The molecule has 37 heavy (non-hydrogen) atoms. The SMILES string of the molecule is CCc1cccc(CNC[C@@H](O)[C@H](Cc2cc(F)cc(F)c2)NC(=O)Cn2ccn(CC)c(=O)c2=O)c1. The number of aromatic nitrogens is 2. The van der Waals surface area contributed by atoms with Crippen molar-refractivity contribution in [1.82, 2.24) is 19.8 Å². The van der Waals surface area contributed by atoms with Crippen LogP contribution in [0.15, 0.2) is 64.4 Å². The van der Waals surface area contributed by atoms with Gasteiger partial charge in [-0.25, -0.2) is 8.78 Å². The summed E-state index contributed by atoms with van der Waals surface area (Å²) in [5.41, 5.74) is 0.862. The average Bonchev–Trinajstić information content (AvgIpc) is 2.86. The Bertz CT molecular complexity index is 1320. The van der Waals surface area contributed by atoms with Gasteiger partial charge in [-0.15, -0.1) is 0 Å². The molecule has 3 N–H and O–H groups in total. The van der Waals surface area contributed by atoms with Crippen molar-refractivity contribution >= 4 is 5.91 Å². The normalized spacial score (nSPS) is 12.8. The molecule has 0 spiro atoms. The second-order valence-corrected chi connectivity index (χ2v) is 8.85. The van der Waals surface area contributed by atoms with Crippen molar-refractivity contribution in [2.75, 3.05) is 6.54 Å². The van der Waals surface area contributed by atoms with Crippen LogP contribution in [0.2, 0.25) is 0 Å². The Morgan fingerprint density at radius 3 is 2.27 bits per heavy atom. The van der Waals surface area contributed by atoms with E-state index in [0.29, 0.717) is 13.1 Å². The third-order valence-corrected chi connectivity index (χ3v) is 6.06. The fourth-order valence-electron chi connectivity index (χ4n) is 4.05. The molecule has 0 aliphatic carbocycles. The molecule has 8 nitrogen and oxygen atoms in total. The summed E-state index contributed by atoms with van der Waals surface area (Å²) < 4.78 is 29.7. The summed E-state index contributed by atoms with van der Waals surface area (Å²) in [4.78, 5) is 37.2. The van der Waals surface area contributed by atoms with Gasteiger partial charge >= 0.3 is 11.1 Å². The average molecular weight is 515 g/mol. The van der Waals surface area contributed by atoms with Crippen LogP contribution in [0, 0.1) is 11.6 Å². The minimum absolute atomic E-state index is 0.0546. The molecule has 2 aromatic carbocycles. The molecule has 0 bridgehead atoms. The van der Waals surface area contributed by atoms with Gasteiger partial charge in [0.1, 0.15) is 18.2 Å². The lowest BCUT2D eigenvalue weighted by atomic mass is 10.0. The molecule has 1 heterocycles. The van der Waals surface area contributed by atoms with E-state index in [1.807, 2.05) is 18.2 Å². The van der Waals surface area contributed by atoms with Gasteiger partial charge in [0.2, 0.25) is 5.91 Å². The number of halogens is 2. The number of nitrogens with one attached hydrogen (secondary N) is 2. The maximum Gasteiger partial charge on any atom is 0.316 e. The van der Waals surface area contributed by atoms with Crippen molar-refractivity contribution in [3.63, 3.8) is 0 Å². The summed E-state index contributed by atoms with van der Waals surface area (Å²) in [6, 6.07) is 10.1. The zero-order chi connectivity index (χ0) is 26.9. The molecule has 1 amide bonds. The maximum absolute atomic E-state index is 13.8. The topological polar surface area (TPSA) is 105 Å². The van der Waals surface area contributed by atoms with E-state index in [0.717, 1.165) is 34.8 Å². The van der Waals surface area contributed by atoms with Crippen LogP contribution in [0.25, 0.3) is 0 Å². The first-order chi connectivity index (χ1) is 17.7. The fourth-order valence-corrected chi connectivity index (χ4v) is 4.05. The van der Waals surface area contributed by atoms with E-state index in [9.17, 15) is 28.3 Å². The van der Waals surface area contributed by atoms with E-state index in [2.05, 4.69) is 23.6 Å². The van der Waals surface area contributed by atoms with Gasteiger partial charge in [-0.1, -0.05) is 31.2 Å². The lowest BCUT2D eigenvalue weighted by molar-refractivity contribution is -0.123. The molecule has 0 saturated heterocycles. The molecule has 0 unspecified atom stereocenters. The van der Waals surface area contributed by atoms with Crippen molar-refractivity contribution in [2.24, 2.45) is 0 Å². The van der Waals surface area contributed by atoms with Gasteiger partial charge in [0.05, 0.1) is 12.1 Å². The Balaban J connectivity index is 1.72. The van der Waals surface area contributed by atoms with E-state index in [4.69, 9.17) is 0 Å². The maximum atomic E-state index is 13.8. The third kappa shape index (κ3) is 7.93. The highest BCUT2D eigenvalue weighted by molar-refractivity contribution is 5.76. The Kier molecular flexibility index (Phi) is 9.87. The standard InChI is InChI=1S/C27H32F2N4O4/c1-3-18-6-5-7-19(10-18)15-30-16-24(34)23(13-20-11-21(28)14-22(29)12-20)31-25(35)17-33-9-8-32(4-2)26(36)27(33)37/h5-12,14,23-24,30,34H,3-4,13,15-17H2,1-2H3,(H,31,35)/t23-,24+/m0/s1. The number of benzene rings is 2. The zero-order valence-electron chi connectivity index (χ0n) is 20.9. The van der Waals surface area contributed by atoms with Gasteiger partial charge in [-0.2, -0.15) is 0 Å². The van der Waals surface area contributed by atoms with Gasteiger partial charge in [-0.05, 0) is 48.6 Å². The number of hydrogen-bond donors (Lipinski definition) is 3. The number of aryl methyl sites for hydroxylation is 2. The molecule has 3 aromatic rings. The molecule has 0 aliphatic heterocycles. The Morgan fingerprint density at radius 2 is 1.59 bits per heavy atom. The molecule has 3 rings (SSSR count). The number of carbonyl (C=O) groups is 1. The number of nitrogens with zero attached hydrogens (tertiary/aromatic N) is 2. The van der Waals surface area contributed by atoms with Gasteiger partial charge in [-0.3, -0.25) is 19.0 Å². The van der Waals surface area contributed by atoms with Crippen LogP contribution in [0.1, 0.15) is 30.5 Å². The minimum atomic E-state index is -1.12. The highest BCUT2D eigenvalue weighted by Gasteiger charge is 2.23. The van der Waals surface area contributed by atoms with Crippen LogP contribution < -0.4 is 21.8 Å². The quantitative estimate of drug-likeness (QED) is 0.320. The van der Waals surface area contributed by atoms with Crippen LogP contribution in [-0.2, 0) is 37.3 Å². The van der Waals surface area contributed by atoms with Crippen molar-refractivity contribution in [1.29, 1.82) is 0 Å². The van der Waals surface area contributed by atoms with Crippen LogP contribution in [-0.4, -0.2) is 38.8 Å². The van der Waals surface area contributed by atoms with E-state index < -0.39 is 47.4 Å². The summed E-state index contributed by atoms with van der Waals surface area (Å²) in [7, 11) is 0. The first-order valence-corrected chi connectivity index (χ1v) is 12.2. The van der Waals surface area contributed by atoms with Crippen LogP contribution in [0.5, 0.6) is 0 Å². The molecule has 0 aliphatic rings. The van der Waals surface area contributed by atoms with E-state index in [1.54, 1.807) is 6.92 Å². The summed E-state index contributed by atoms with van der Waals surface area (Å²) >= 11 is 0. The first-order valence-electron chi connectivity index (χ1n) is 12.2. The lowest BCUT2D eigenvalue weighted by Crippen LogP contribution is -2.50. The smallest absolute Gasteiger partial charge is 0.316 e. The summed E-state index contributed by atoms with van der Waals surface area (Å²) in [5.74, 6) is -2.18. The number of aliphatic hydroxyl groups excluding tert-OH is 1. The van der Waals surface area contributed by atoms with Crippen LogP contribution in [0.3, 0.4) is 0 Å². The summed E-state index contributed by atoms with van der Waals surface area (Å²) in [6.45, 7) is 4.20. The van der Waals surface area contributed by atoms with Gasteiger partial charge in [0, 0.05) is 38.1 Å². The van der Waals surface area contributed by atoms with E-state index in [1.165, 1.54) is 22.5 Å². The Morgan fingerprint density at radius 1 is 0.946 bits per heavy atom. The monoisotopic (exact) mass is 514 g/mol. The predicted octanol–water partition coefficient (Wildman–Crippen LogP) is 1.75. The number of amides is 1. The van der Waals surface area contributed by atoms with E-state index >= 15 is 0 Å². The highest BCUT2D eigenvalue weighted by Crippen LogP contribution is 2.12. The number of rotatable bonds is 12. The molecule has 2 atom stereocenters. The Labute approximate surface area is 213 Å². The molecule has 0 radical (unpaired) electrons. The second kappa shape index (κ2) is 13.1. The summed E-state index contributed by atoms with van der Waals surface area (Å²) in [6.07, 6.45) is 2.48. The first kappa shape index (κ1) is 27.9. The number of aliphatic hydroxyl groups is 1. The Hall–Kier alpha value is -3.63. The molecule has 0 saturated carbocycles. The predicted molar refractivity (Wildman–Crippen MR) is 136 cm³/mol. The number of carbonyl (C=O) groups excluding carboxylic acids is 1. The van der Waals surface area contributed by atoms with Crippen molar-refractivity contribution in [2.45, 2.75) is 58.5 Å². The number of hydrogen-bond acceptors (Lipinski definition) is 5. The van der Waals surface area contributed by atoms with Gasteiger partial charge in [0.25, 0.3) is 0 Å². The van der Waals surface area contributed by atoms with Gasteiger partial charge < -0.3 is 20.3 Å². The third-order valence-electron chi connectivity index (χ3n) is 6.06. The molecule has 198 valence electrons. The van der Waals surface area contributed by atoms with Crippen LogP contribution in [0.4, 0.5) is 8.78 Å². The fraction of sp³-hybridized carbons (Fsp3) is 0.370. The molecule has 10 heteroatoms. The van der Waals surface area contributed by atoms with Gasteiger partial charge in [0.15, 0.2) is 0 Å². The molecular formula is C27H32F2N4O4. The largest absolute Gasteiger partial charge is 0.390 e. The minimum Gasteiger partial charge on any atom is -0.390 e. The van der Waals surface area contributed by atoms with Crippen molar-refractivity contribution < 1.29 is 18.7 Å².